The molecule has 0 unspecified atom stereocenters. The molecule has 5 nitrogen and oxygen atoms in total. The van der Waals surface area contributed by atoms with Crippen LogP contribution >= 0.6 is 0 Å². The number of aromatic nitrogens is 2. The molecule has 0 atom stereocenters. The van der Waals surface area contributed by atoms with E-state index in [4.69, 9.17) is 9.52 Å². The third-order valence-corrected chi connectivity index (χ3v) is 5.94. The van der Waals surface area contributed by atoms with Crippen molar-refractivity contribution in [2.75, 3.05) is 6.26 Å². The number of hydrogen-bond acceptors (Lipinski definition) is 4. The molecule has 2 aromatic carbocycles. The molecule has 0 bridgehead atoms. The predicted octanol–water partition coefficient (Wildman–Crippen LogP) is 5.10. The third kappa shape index (κ3) is 3.46. The quantitative estimate of drug-likeness (QED) is 0.469. The summed E-state index contributed by atoms with van der Waals surface area (Å²) in [5, 5.41) is 4.78. The van der Waals surface area contributed by atoms with Gasteiger partial charge in [-0.05, 0) is 29.8 Å². The van der Waals surface area contributed by atoms with Crippen molar-refractivity contribution < 1.29 is 17.2 Å². The summed E-state index contributed by atoms with van der Waals surface area (Å²) < 4.78 is 44.7. The summed E-state index contributed by atoms with van der Waals surface area (Å²) in [5.74, 6) is -0.328. The second kappa shape index (κ2) is 6.56. The molecule has 0 radical (unpaired) electrons. The number of halogens is 1. The minimum absolute atomic E-state index is 0.200. The van der Waals surface area contributed by atoms with E-state index in [9.17, 15) is 12.8 Å². The molecule has 0 saturated carbocycles. The molecule has 150 valence electrons. The van der Waals surface area contributed by atoms with Crippen LogP contribution in [0.25, 0.3) is 28.1 Å². The van der Waals surface area contributed by atoms with Crippen molar-refractivity contribution in [1.29, 1.82) is 0 Å². The first-order valence-corrected chi connectivity index (χ1v) is 11.0. The normalized spacial score (nSPS) is 12.6. The molecule has 0 N–H and O–H groups in total. The Labute approximate surface area is 168 Å². The van der Waals surface area contributed by atoms with Gasteiger partial charge in [0.1, 0.15) is 17.8 Å². The van der Waals surface area contributed by atoms with E-state index in [0.29, 0.717) is 11.4 Å². The molecule has 0 aliphatic heterocycles. The zero-order valence-corrected chi connectivity index (χ0v) is 17.4. The maximum Gasteiger partial charge on any atom is 0.230 e. The summed E-state index contributed by atoms with van der Waals surface area (Å²) in [6, 6.07) is 12.7. The molecule has 0 amide bonds. The van der Waals surface area contributed by atoms with Gasteiger partial charge in [-0.2, -0.15) is 5.10 Å². The number of fused-ring (bicyclic) bond motifs is 1. The van der Waals surface area contributed by atoms with Crippen molar-refractivity contribution in [3.8, 4) is 22.4 Å². The number of oxazole rings is 1. The van der Waals surface area contributed by atoms with Crippen LogP contribution in [0.4, 0.5) is 4.39 Å². The molecule has 0 aliphatic rings. The van der Waals surface area contributed by atoms with Crippen molar-refractivity contribution in [1.82, 2.24) is 9.61 Å². The zero-order chi connectivity index (χ0) is 21.0. The van der Waals surface area contributed by atoms with Crippen molar-refractivity contribution >= 4 is 15.6 Å². The Morgan fingerprint density at radius 1 is 0.966 bits per heavy atom. The first-order valence-electron chi connectivity index (χ1n) is 9.13. The summed E-state index contributed by atoms with van der Waals surface area (Å²) in [6.45, 7) is 6.20. The monoisotopic (exact) mass is 412 g/mol. The van der Waals surface area contributed by atoms with Gasteiger partial charge in [-0.25, -0.2) is 17.3 Å². The maximum absolute atomic E-state index is 13.5. The smallest absolute Gasteiger partial charge is 0.230 e. The standard InChI is InChI=1S/C22H21FN2O3S/c1-22(2,3)18-13-28-21-19(14-5-9-16(23)10-6-14)20(24-25(18)21)15-7-11-17(12-8-15)29(4,26)27/h5-13H,1-4H3. The molecule has 0 saturated heterocycles. The van der Waals surface area contributed by atoms with Gasteiger partial charge >= 0.3 is 0 Å². The fourth-order valence-electron chi connectivity index (χ4n) is 3.27. The Hall–Kier alpha value is -2.93. The number of benzene rings is 2. The highest BCUT2D eigenvalue weighted by molar-refractivity contribution is 7.90. The lowest BCUT2D eigenvalue weighted by Crippen LogP contribution is -2.14. The average Bonchev–Trinajstić information content (AvgIpc) is 3.20. The van der Waals surface area contributed by atoms with E-state index in [-0.39, 0.29) is 16.1 Å². The number of sulfone groups is 1. The van der Waals surface area contributed by atoms with E-state index in [2.05, 4.69) is 20.8 Å². The van der Waals surface area contributed by atoms with Crippen LogP contribution in [0.1, 0.15) is 26.5 Å². The number of rotatable bonds is 3. The number of hydrogen-bond donors (Lipinski definition) is 0. The average molecular weight is 412 g/mol. The fourth-order valence-corrected chi connectivity index (χ4v) is 3.90. The Balaban J connectivity index is 1.98. The van der Waals surface area contributed by atoms with Crippen molar-refractivity contribution in [3.05, 3.63) is 66.3 Å². The predicted molar refractivity (Wildman–Crippen MR) is 110 cm³/mol. The van der Waals surface area contributed by atoms with Crippen molar-refractivity contribution in [2.45, 2.75) is 31.1 Å². The summed E-state index contributed by atoms with van der Waals surface area (Å²) in [4.78, 5) is 0.239. The molecule has 29 heavy (non-hydrogen) atoms. The van der Waals surface area contributed by atoms with Crippen molar-refractivity contribution in [2.24, 2.45) is 0 Å². The van der Waals surface area contributed by atoms with Gasteiger partial charge in [0.15, 0.2) is 9.84 Å². The Morgan fingerprint density at radius 2 is 1.55 bits per heavy atom. The molecule has 0 aliphatic carbocycles. The van der Waals surface area contributed by atoms with Gasteiger partial charge in [-0.15, -0.1) is 0 Å². The van der Waals surface area contributed by atoms with E-state index in [1.807, 2.05) is 0 Å². The van der Waals surface area contributed by atoms with Crippen LogP contribution in [0, 0.1) is 5.82 Å². The van der Waals surface area contributed by atoms with Gasteiger partial charge in [0.05, 0.1) is 16.2 Å². The molecule has 0 fully saturated rings. The summed E-state index contributed by atoms with van der Waals surface area (Å²) in [6.07, 6.45) is 2.86. The van der Waals surface area contributed by atoms with Gasteiger partial charge in [0.2, 0.25) is 5.71 Å². The third-order valence-electron chi connectivity index (χ3n) is 4.81. The fraction of sp³-hybridized carbons (Fsp3) is 0.227. The van der Waals surface area contributed by atoms with Gasteiger partial charge in [0, 0.05) is 17.2 Å². The maximum atomic E-state index is 13.5. The van der Waals surface area contributed by atoms with E-state index in [0.717, 1.165) is 22.4 Å². The highest BCUT2D eigenvalue weighted by atomic mass is 32.2. The summed E-state index contributed by atoms with van der Waals surface area (Å²) in [5.41, 5.74) is 4.14. The largest absolute Gasteiger partial charge is 0.444 e. The van der Waals surface area contributed by atoms with Crippen LogP contribution in [0.2, 0.25) is 0 Å². The molecular weight excluding hydrogens is 391 g/mol. The van der Waals surface area contributed by atoms with Crippen LogP contribution in [0.3, 0.4) is 0 Å². The molecule has 4 aromatic rings. The topological polar surface area (TPSA) is 64.6 Å². The lowest BCUT2D eigenvalue weighted by Gasteiger charge is -2.15. The molecule has 7 heteroatoms. The van der Waals surface area contributed by atoms with Gasteiger partial charge in [-0.3, -0.25) is 0 Å². The van der Waals surface area contributed by atoms with Crippen LogP contribution in [0.5, 0.6) is 0 Å². The van der Waals surface area contributed by atoms with Crippen LogP contribution in [0.15, 0.2) is 64.1 Å². The second-order valence-electron chi connectivity index (χ2n) is 8.11. The van der Waals surface area contributed by atoms with Crippen LogP contribution in [-0.4, -0.2) is 24.3 Å². The van der Waals surface area contributed by atoms with Crippen molar-refractivity contribution in [3.63, 3.8) is 0 Å². The minimum Gasteiger partial charge on any atom is -0.444 e. The summed E-state index contributed by atoms with van der Waals surface area (Å²) >= 11 is 0. The zero-order valence-electron chi connectivity index (χ0n) is 16.6. The van der Waals surface area contributed by atoms with E-state index < -0.39 is 9.84 Å². The van der Waals surface area contributed by atoms with Gasteiger partial charge in [-0.1, -0.05) is 45.0 Å². The van der Waals surface area contributed by atoms with Crippen LogP contribution in [-0.2, 0) is 15.3 Å². The lowest BCUT2D eigenvalue weighted by molar-refractivity contribution is 0.542. The highest BCUT2D eigenvalue weighted by Gasteiger charge is 2.26. The first kappa shape index (κ1) is 19.4. The SMILES string of the molecule is CC(C)(C)c1coc2c(-c3ccc(F)cc3)c(-c3ccc(S(C)(=O)=O)cc3)nn12. The second-order valence-corrected chi connectivity index (χ2v) is 10.1. The highest BCUT2D eigenvalue weighted by Crippen LogP contribution is 2.38. The minimum atomic E-state index is -3.29. The first-order chi connectivity index (χ1) is 13.6. The Kier molecular flexibility index (Phi) is 4.38. The van der Waals surface area contributed by atoms with Gasteiger partial charge in [0.25, 0.3) is 0 Å². The Bertz CT molecular complexity index is 1290. The molecular formula is C22H21FN2O3S. The van der Waals surface area contributed by atoms with Gasteiger partial charge < -0.3 is 4.42 Å². The van der Waals surface area contributed by atoms with E-state index in [1.54, 1.807) is 47.2 Å². The molecule has 2 heterocycles. The Morgan fingerprint density at radius 3 is 2.10 bits per heavy atom. The lowest BCUT2D eigenvalue weighted by atomic mass is 9.93. The molecule has 0 spiro atoms. The summed E-state index contributed by atoms with van der Waals surface area (Å²) in [7, 11) is -3.29. The molecule has 4 rings (SSSR count). The van der Waals surface area contributed by atoms with Crippen LogP contribution < -0.4 is 0 Å². The van der Waals surface area contributed by atoms with E-state index in [1.165, 1.54) is 18.4 Å². The molecule has 2 aromatic heterocycles. The number of nitrogens with zero attached hydrogens (tertiary/aromatic N) is 2. The van der Waals surface area contributed by atoms with E-state index >= 15 is 0 Å².